The first-order chi connectivity index (χ1) is 11.6. The van der Waals surface area contributed by atoms with Crippen LogP contribution in [0.3, 0.4) is 0 Å². The van der Waals surface area contributed by atoms with Gasteiger partial charge in [-0.2, -0.15) is 5.26 Å². The Morgan fingerprint density at radius 3 is 2.67 bits per heavy atom. The summed E-state index contributed by atoms with van der Waals surface area (Å²) in [5.74, 6) is 0.0413. The summed E-state index contributed by atoms with van der Waals surface area (Å²) < 4.78 is 10.3. The Hall–Kier alpha value is -2.91. The van der Waals surface area contributed by atoms with E-state index in [4.69, 9.17) is 9.15 Å². The number of thiazole rings is 1. The van der Waals surface area contributed by atoms with Gasteiger partial charge in [0.05, 0.1) is 30.7 Å². The van der Waals surface area contributed by atoms with Crippen LogP contribution in [-0.2, 0) is 0 Å². The van der Waals surface area contributed by atoms with Gasteiger partial charge in [-0.25, -0.2) is 4.98 Å². The van der Waals surface area contributed by atoms with Crippen molar-refractivity contribution in [1.29, 1.82) is 5.26 Å². The molecule has 6 heteroatoms. The molecule has 0 N–H and O–H groups in total. The van der Waals surface area contributed by atoms with E-state index >= 15 is 0 Å². The minimum absolute atomic E-state index is 0.292. The van der Waals surface area contributed by atoms with Crippen molar-refractivity contribution in [1.82, 2.24) is 4.98 Å². The molecule has 1 atom stereocenters. The molecule has 0 fully saturated rings. The van der Waals surface area contributed by atoms with Crippen molar-refractivity contribution in [2.24, 2.45) is 0 Å². The Labute approximate surface area is 143 Å². The maximum Gasteiger partial charge on any atom is 0.190 e. The maximum atomic E-state index is 12.6. The van der Waals surface area contributed by atoms with E-state index in [0.717, 1.165) is 17.0 Å². The largest absolute Gasteiger partial charge is 0.497 e. The molecule has 0 bridgehead atoms. The second-order valence-corrected chi connectivity index (χ2v) is 6.01. The number of aryl methyl sites for hydroxylation is 1. The number of furan rings is 1. The van der Waals surface area contributed by atoms with E-state index in [1.165, 1.54) is 17.6 Å². The molecular weight excluding hydrogens is 324 g/mol. The van der Waals surface area contributed by atoms with Gasteiger partial charge < -0.3 is 9.15 Å². The Morgan fingerprint density at radius 1 is 1.33 bits per heavy atom. The topological polar surface area (TPSA) is 76.1 Å². The van der Waals surface area contributed by atoms with Crippen LogP contribution in [-0.4, -0.2) is 17.9 Å². The zero-order valence-electron chi connectivity index (χ0n) is 13.1. The van der Waals surface area contributed by atoms with Crippen LogP contribution in [0.4, 0.5) is 0 Å². The molecule has 0 spiro atoms. The number of rotatable bonds is 5. The van der Waals surface area contributed by atoms with E-state index in [1.54, 1.807) is 20.1 Å². The van der Waals surface area contributed by atoms with Gasteiger partial charge in [-0.1, -0.05) is 0 Å². The van der Waals surface area contributed by atoms with Gasteiger partial charge in [-0.05, 0) is 37.3 Å². The molecule has 0 saturated carbocycles. The van der Waals surface area contributed by atoms with E-state index in [2.05, 4.69) is 11.1 Å². The molecule has 2 heterocycles. The smallest absolute Gasteiger partial charge is 0.190 e. The standard InChI is InChI=1S/C18H14N2O3S/c1-11-14(7-8-23-11)17(21)15(9-19)18-20-16(10-24-18)12-3-5-13(22-2)6-4-12/h3-8,10,15H,1-2H3. The fourth-order valence-electron chi connectivity index (χ4n) is 2.34. The molecule has 3 aromatic rings. The number of aromatic nitrogens is 1. The van der Waals surface area contributed by atoms with Gasteiger partial charge in [0.2, 0.25) is 0 Å². The number of methoxy groups -OCH3 is 1. The highest BCUT2D eigenvalue weighted by atomic mass is 32.1. The third-order valence-electron chi connectivity index (χ3n) is 3.67. The monoisotopic (exact) mass is 338 g/mol. The zero-order chi connectivity index (χ0) is 17.1. The number of benzene rings is 1. The van der Waals surface area contributed by atoms with Crippen molar-refractivity contribution in [3.05, 3.63) is 58.3 Å². The molecule has 0 aliphatic heterocycles. The van der Waals surface area contributed by atoms with E-state index in [1.807, 2.05) is 29.6 Å². The summed E-state index contributed by atoms with van der Waals surface area (Å²) in [5.41, 5.74) is 2.05. The van der Waals surface area contributed by atoms with Gasteiger partial charge in [0.15, 0.2) is 11.7 Å². The summed E-state index contributed by atoms with van der Waals surface area (Å²) in [4.78, 5) is 17.0. The highest BCUT2D eigenvalue weighted by Crippen LogP contribution is 2.30. The summed E-state index contributed by atoms with van der Waals surface area (Å²) in [7, 11) is 1.61. The van der Waals surface area contributed by atoms with Crippen molar-refractivity contribution in [3.63, 3.8) is 0 Å². The van der Waals surface area contributed by atoms with E-state index < -0.39 is 5.92 Å². The fraction of sp³-hybridized carbons (Fsp3) is 0.167. The van der Waals surface area contributed by atoms with Crippen LogP contribution in [0.2, 0.25) is 0 Å². The predicted octanol–water partition coefficient (Wildman–Crippen LogP) is 4.21. The minimum Gasteiger partial charge on any atom is -0.497 e. The number of nitrogens with zero attached hydrogens (tertiary/aromatic N) is 2. The fourth-order valence-corrected chi connectivity index (χ4v) is 3.20. The van der Waals surface area contributed by atoms with Gasteiger partial charge in [0.1, 0.15) is 16.5 Å². The van der Waals surface area contributed by atoms with Gasteiger partial charge >= 0.3 is 0 Å². The lowest BCUT2D eigenvalue weighted by molar-refractivity contribution is 0.0977. The predicted molar refractivity (Wildman–Crippen MR) is 90.2 cm³/mol. The Morgan fingerprint density at radius 2 is 2.08 bits per heavy atom. The number of hydrogen-bond acceptors (Lipinski definition) is 6. The summed E-state index contributed by atoms with van der Waals surface area (Å²) in [6.45, 7) is 1.70. The maximum absolute atomic E-state index is 12.6. The summed E-state index contributed by atoms with van der Waals surface area (Å²) in [6.07, 6.45) is 1.45. The number of Topliss-reactive ketones (excluding diaryl/α,β-unsaturated/α-hetero) is 1. The summed E-state index contributed by atoms with van der Waals surface area (Å²) in [5, 5.41) is 11.8. The van der Waals surface area contributed by atoms with Crippen LogP contribution in [0, 0.1) is 18.3 Å². The van der Waals surface area contributed by atoms with Crippen molar-refractivity contribution in [3.8, 4) is 23.1 Å². The number of ether oxygens (including phenoxy) is 1. The third-order valence-corrected chi connectivity index (χ3v) is 4.58. The molecule has 0 radical (unpaired) electrons. The molecule has 5 nitrogen and oxygen atoms in total. The van der Waals surface area contributed by atoms with E-state index in [-0.39, 0.29) is 5.78 Å². The average Bonchev–Trinajstić information content (AvgIpc) is 3.25. The van der Waals surface area contributed by atoms with Crippen molar-refractivity contribution >= 4 is 17.1 Å². The van der Waals surface area contributed by atoms with Crippen molar-refractivity contribution < 1.29 is 13.9 Å². The minimum atomic E-state index is -0.932. The molecular formula is C18H14N2O3S. The lowest BCUT2D eigenvalue weighted by Gasteiger charge is -2.04. The van der Waals surface area contributed by atoms with Crippen molar-refractivity contribution in [2.45, 2.75) is 12.8 Å². The van der Waals surface area contributed by atoms with E-state index in [0.29, 0.717) is 16.3 Å². The first-order valence-electron chi connectivity index (χ1n) is 7.22. The van der Waals surface area contributed by atoms with Crippen LogP contribution in [0.1, 0.15) is 27.0 Å². The third kappa shape index (κ3) is 2.94. The number of carbonyl (C=O) groups is 1. The van der Waals surface area contributed by atoms with Crippen LogP contribution in [0.25, 0.3) is 11.3 Å². The second-order valence-electron chi connectivity index (χ2n) is 5.12. The number of carbonyl (C=O) groups excluding carboxylic acids is 1. The van der Waals surface area contributed by atoms with Crippen molar-refractivity contribution in [2.75, 3.05) is 7.11 Å². The summed E-state index contributed by atoms with van der Waals surface area (Å²) >= 11 is 1.30. The zero-order valence-corrected chi connectivity index (χ0v) is 14.0. The summed E-state index contributed by atoms with van der Waals surface area (Å²) in [6, 6.07) is 11.1. The number of hydrogen-bond donors (Lipinski definition) is 0. The first-order valence-corrected chi connectivity index (χ1v) is 8.09. The molecule has 120 valence electrons. The lowest BCUT2D eigenvalue weighted by atomic mass is 10.00. The highest BCUT2D eigenvalue weighted by molar-refractivity contribution is 7.10. The second kappa shape index (κ2) is 6.69. The average molecular weight is 338 g/mol. The Kier molecular flexibility index (Phi) is 4.45. The van der Waals surface area contributed by atoms with Gasteiger partial charge in [0.25, 0.3) is 0 Å². The molecule has 3 rings (SSSR count). The molecule has 0 aliphatic carbocycles. The van der Waals surface area contributed by atoms with Gasteiger partial charge in [-0.15, -0.1) is 11.3 Å². The van der Waals surface area contributed by atoms with Gasteiger partial charge in [-0.3, -0.25) is 4.79 Å². The lowest BCUT2D eigenvalue weighted by Crippen LogP contribution is -2.11. The van der Waals surface area contributed by atoms with Crippen LogP contribution < -0.4 is 4.74 Å². The van der Waals surface area contributed by atoms with Crippen LogP contribution in [0.5, 0.6) is 5.75 Å². The molecule has 1 unspecified atom stereocenters. The Balaban J connectivity index is 1.89. The van der Waals surface area contributed by atoms with Crippen LogP contribution >= 0.6 is 11.3 Å². The molecule has 0 saturated heterocycles. The normalized spacial score (nSPS) is 11.7. The number of ketones is 1. The number of nitriles is 1. The first kappa shape index (κ1) is 16.0. The molecule has 0 amide bonds. The molecule has 1 aromatic carbocycles. The SMILES string of the molecule is COc1ccc(-c2csc(C(C#N)C(=O)c3ccoc3C)n2)cc1. The van der Waals surface area contributed by atoms with Gasteiger partial charge in [0, 0.05) is 10.9 Å². The van der Waals surface area contributed by atoms with Crippen LogP contribution in [0.15, 0.2) is 46.4 Å². The molecule has 2 aromatic heterocycles. The van der Waals surface area contributed by atoms with E-state index in [9.17, 15) is 10.1 Å². The Bertz CT molecular complexity index is 903. The quantitative estimate of drug-likeness (QED) is 0.651. The highest BCUT2D eigenvalue weighted by Gasteiger charge is 2.27. The molecule has 24 heavy (non-hydrogen) atoms. The molecule has 0 aliphatic rings.